The molecular weight excluding hydrogens is 254 g/mol. The van der Waals surface area contributed by atoms with Gasteiger partial charge in [-0.25, -0.2) is 4.79 Å². The normalized spacial score (nSPS) is 31.8. The lowest BCUT2D eigenvalue weighted by atomic mass is 9.91. The number of carboxylic acids is 1. The molecule has 4 unspecified atom stereocenters. The number of carbonyl (C=O) groups is 1. The van der Waals surface area contributed by atoms with Crippen LogP contribution in [0, 0.1) is 11.8 Å². The first-order chi connectivity index (χ1) is 9.56. The summed E-state index contributed by atoms with van der Waals surface area (Å²) in [6, 6.07) is 7.27. The number of hydrogen-bond acceptors (Lipinski definition) is 3. The Balaban J connectivity index is 1.80. The molecule has 1 aromatic rings. The second-order valence-electron chi connectivity index (χ2n) is 6.20. The number of rotatable bonds is 4. The number of hydrogen-bond donors (Lipinski definition) is 1. The van der Waals surface area contributed by atoms with Crippen LogP contribution in [-0.2, 0) is 0 Å². The molecule has 0 radical (unpaired) electrons. The van der Waals surface area contributed by atoms with Crippen LogP contribution in [0.4, 0.5) is 0 Å². The minimum Gasteiger partial charge on any atom is -0.488 e. The lowest BCUT2D eigenvalue weighted by Crippen LogP contribution is -2.46. The predicted molar refractivity (Wildman–Crippen MR) is 76.1 cm³/mol. The van der Waals surface area contributed by atoms with Crippen molar-refractivity contribution in [3.8, 4) is 5.75 Å². The van der Waals surface area contributed by atoms with Crippen LogP contribution in [-0.4, -0.2) is 42.2 Å². The zero-order chi connectivity index (χ0) is 14.3. The van der Waals surface area contributed by atoms with E-state index in [-0.39, 0.29) is 11.7 Å². The molecule has 0 amide bonds. The fraction of sp³-hybridized carbons (Fsp3) is 0.562. The Kier molecular flexibility index (Phi) is 3.42. The van der Waals surface area contributed by atoms with Crippen LogP contribution in [0.1, 0.15) is 29.6 Å². The zero-order valence-corrected chi connectivity index (χ0v) is 12.0. The highest BCUT2D eigenvalue weighted by atomic mass is 16.5. The number of benzene rings is 1. The van der Waals surface area contributed by atoms with Gasteiger partial charge in [-0.2, -0.15) is 0 Å². The third kappa shape index (κ3) is 2.29. The number of carboxylic acid groups (broad SMARTS) is 1. The van der Waals surface area contributed by atoms with Gasteiger partial charge in [-0.3, -0.25) is 0 Å². The quantitative estimate of drug-likeness (QED) is 0.917. The van der Waals surface area contributed by atoms with Crippen molar-refractivity contribution < 1.29 is 14.6 Å². The van der Waals surface area contributed by atoms with Crippen molar-refractivity contribution in [3.63, 3.8) is 0 Å². The Labute approximate surface area is 119 Å². The molecule has 2 aliphatic carbocycles. The largest absolute Gasteiger partial charge is 0.488 e. The standard InChI is InChI=1S/C16H21NO3/c1-17(2)14-10-6-7-11(8-10)15(14)20-13-5-3-4-12(9-13)16(18)19/h3-5,9-11,14-15H,6-8H2,1-2H3,(H,18,19). The van der Waals surface area contributed by atoms with Gasteiger partial charge in [0.2, 0.25) is 0 Å². The van der Waals surface area contributed by atoms with Crippen LogP contribution < -0.4 is 4.74 Å². The first kappa shape index (κ1) is 13.4. The van der Waals surface area contributed by atoms with E-state index in [9.17, 15) is 4.79 Å². The summed E-state index contributed by atoms with van der Waals surface area (Å²) >= 11 is 0. The van der Waals surface area contributed by atoms with E-state index in [0.717, 1.165) is 5.92 Å². The van der Waals surface area contributed by atoms with Gasteiger partial charge in [0.1, 0.15) is 11.9 Å². The minimum absolute atomic E-state index is 0.188. The lowest BCUT2D eigenvalue weighted by Gasteiger charge is -2.35. The zero-order valence-electron chi connectivity index (χ0n) is 12.0. The fourth-order valence-corrected chi connectivity index (χ4v) is 3.95. The molecule has 3 rings (SSSR count). The molecule has 4 heteroatoms. The number of fused-ring (bicyclic) bond motifs is 2. The molecule has 0 heterocycles. The molecule has 108 valence electrons. The summed E-state index contributed by atoms with van der Waals surface area (Å²) in [7, 11) is 4.21. The van der Waals surface area contributed by atoms with Crippen LogP contribution in [0.15, 0.2) is 24.3 Å². The van der Waals surface area contributed by atoms with E-state index in [0.29, 0.717) is 17.7 Å². The van der Waals surface area contributed by atoms with Gasteiger partial charge in [-0.05, 0) is 63.4 Å². The Morgan fingerprint density at radius 3 is 2.75 bits per heavy atom. The summed E-state index contributed by atoms with van der Waals surface area (Å²) in [5, 5.41) is 9.05. The summed E-state index contributed by atoms with van der Waals surface area (Å²) in [4.78, 5) is 13.3. The molecule has 2 bridgehead atoms. The van der Waals surface area contributed by atoms with Crippen molar-refractivity contribution in [2.45, 2.75) is 31.4 Å². The fourth-order valence-electron chi connectivity index (χ4n) is 3.95. The van der Waals surface area contributed by atoms with E-state index < -0.39 is 5.97 Å². The van der Waals surface area contributed by atoms with E-state index in [4.69, 9.17) is 9.84 Å². The van der Waals surface area contributed by atoms with Gasteiger partial charge in [0.05, 0.1) is 5.56 Å². The third-order valence-electron chi connectivity index (χ3n) is 4.75. The molecule has 2 saturated carbocycles. The van der Waals surface area contributed by atoms with Crippen LogP contribution in [0.2, 0.25) is 0 Å². The topological polar surface area (TPSA) is 49.8 Å². The maximum absolute atomic E-state index is 11.0. The molecule has 20 heavy (non-hydrogen) atoms. The summed E-state index contributed by atoms with van der Waals surface area (Å²) in [6.45, 7) is 0. The Hall–Kier alpha value is -1.55. The molecule has 0 spiro atoms. The number of nitrogens with zero attached hydrogens (tertiary/aromatic N) is 1. The van der Waals surface area contributed by atoms with Gasteiger partial charge in [0.15, 0.2) is 0 Å². The van der Waals surface area contributed by atoms with Gasteiger partial charge in [-0.15, -0.1) is 0 Å². The van der Waals surface area contributed by atoms with Crippen molar-refractivity contribution in [2.24, 2.45) is 11.8 Å². The summed E-state index contributed by atoms with van der Waals surface area (Å²) < 4.78 is 6.17. The Bertz CT molecular complexity index is 514. The minimum atomic E-state index is -0.910. The van der Waals surface area contributed by atoms with E-state index in [1.165, 1.54) is 19.3 Å². The van der Waals surface area contributed by atoms with E-state index in [1.807, 2.05) is 6.07 Å². The highest BCUT2D eigenvalue weighted by Gasteiger charge is 2.50. The Morgan fingerprint density at radius 2 is 2.05 bits per heavy atom. The van der Waals surface area contributed by atoms with Crippen molar-refractivity contribution in [2.75, 3.05) is 14.1 Å². The van der Waals surface area contributed by atoms with Crippen LogP contribution in [0.5, 0.6) is 5.75 Å². The second-order valence-corrected chi connectivity index (χ2v) is 6.20. The number of aromatic carboxylic acids is 1. The molecule has 2 aliphatic rings. The summed E-state index contributed by atoms with van der Waals surface area (Å²) in [5.74, 6) is 1.10. The smallest absolute Gasteiger partial charge is 0.335 e. The van der Waals surface area contributed by atoms with Gasteiger partial charge >= 0.3 is 5.97 Å². The van der Waals surface area contributed by atoms with Crippen LogP contribution >= 0.6 is 0 Å². The average Bonchev–Trinajstić information content (AvgIpc) is 2.99. The van der Waals surface area contributed by atoms with Crippen molar-refractivity contribution >= 4 is 5.97 Å². The van der Waals surface area contributed by atoms with Crippen molar-refractivity contribution in [3.05, 3.63) is 29.8 Å². The summed E-state index contributed by atoms with van der Waals surface area (Å²) in [6.07, 6.45) is 3.96. The predicted octanol–water partition coefficient (Wildman–Crippen LogP) is 2.49. The molecule has 0 aliphatic heterocycles. The Morgan fingerprint density at radius 1 is 1.30 bits per heavy atom. The maximum Gasteiger partial charge on any atom is 0.335 e. The van der Waals surface area contributed by atoms with Crippen molar-refractivity contribution in [1.29, 1.82) is 0 Å². The van der Waals surface area contributed by atoms with Gasteiger partial charge in [-0.1, -0.05) is 6.07 Å². The molecular formula is C16H21NO3. The molecule has 0 saturated heterocycles. The SMILES string of the molecule is CN(C)C1C2CCC(C2)C1Oc1cccc(C(=O)O)c1. The maximum atomic E-state index is 11.0. The first-order valence-electron chi connectivity index (χ1n) is 7.22. The van der Waals surface area contributed by atoms with Crippen LogP contribution in [0.25, 0.3) is 0 Å². The number of likely N-dealkylation sites (N-methyl/N-ethyl adjacent to an activating group) is 1. The highest BCUT2D eigenvalue weighted by molar-refractivity contribution is 5.88. The second kappa shape index (κ2) is 5.09. The molecule has 0 aromatic heterocycles. The molecule has 1 aromatic carbocycles. The first-order valence-corrected chi connectivity index (χ1v) is 7.22. The monoisotopic (exact) mass is 275 g/mol. The van der Waals surface area contributed by atoms with Crippen molar-refractivity contribution in [1.82, 2.24) is 4.90 Å². The molecule has 1 N–H and O–H groups in total. The molecule has 4 nitrogen and oxygen atoms in total. The van der Waals surface area contributed by atoms with Gasteiger partial charge < -0.3 is 14.7 Å². The van der Waals surface area contributed by atoms with Gasteiger partial charge in [0.25, 0.3) is 0 Å². The molecule has 4 atom stereocenters. The van der Waals surface area contributed by atoms with E-state index in [2.05, 4.69) is 19.0 Å². The van der Waals surface area contributed by atoms with E-state index >= 15 is 0 Å². The summed E-state index contributed by atoms with van der Waals surface area (Å²) in [5.41, 5.74) is 0.284. The number of ether oxygens (including phenoxy) is 1. The molecule has 2 fully saturated rings. The van der Waals surface area contributed by atoms with Crippen LogP contribution in [0.3, 0.4) is 0 Å². The average molecular weight is 275 g/mol. The lowest BCUT2D eigenvalue weighted by molar-refractivity contribution is 0.0533. The third-order valence-corrected chi connectivity index (χ3v) is 4.75. The van der Waals surface area contributed by atoms with E-state index in [1.54, 1.807) is 18.2 Å². The highest BCUT2D eigenvalue weighted by Crippen LogP contribution is 2.47. The van der Waals surface area contributed by atoms with Gasteiger partial charge in [0, 0.05) is 6.04 Å².